The van der Waals surface area contributed by atoms with E-state index in [0.717, 1.165) is 31.0 Å². The number of carbonyl (C=O) groups excluding carboxylic acids is 2. The smallest absolute Gasteiger partial charge is 0.312 e. The third-order valence-corrected chi connectivity index (χ3v) is 6.05. The SMILES string of the molecule is CC(C)(C)C(=O)OCn1cnc2cc(Br)ccc21.CC(C)(C)C(=O)OCn1cnc2ccc(Br)cc21. The van der Waals surface area contributed by atoms with E-state index >= 15 is 0 Å². The zero-order valence-electron chi connectivity index (χ0n) is 21.2. The highest BCUT2D eigenvalue weighted by Gasteiger charge is 2.24. The Morgan fingerprint density at radius 3 is 1.75 bits per heavy atom. The van der Waals surface area contributed by atoms with Gasteiger partial charge in [0, 0.05) is 8.95 Å². The van der Waals surface area contributed by atoms with Crippen LogP contribution in [0.4, 0.5) is 0 Å². The Morgan fingerprint density at radius 2 is 1.19 bits per heavy atom. The van der Waals surface area contributed by atoms with Crippen LogP contribution in [0, 0.1) is 10.8 Å². The van der Waals surface area contributed by atoms with Gasteiger partial charge in [0.05, 0.1) is 45.6 Å². The summed E-state index contributed by atoms with van der Waals surface area (Å²) in [5, 5.41) is 0. The first kappa shape index (κ1) is 27.9. The molecule has 8 nitrogen and oxygen atoms in total. The molecule has 10 heteroatoms. The molecule has 0 radical (unpaired) electrons. The summed E-state index contributed by atoms with van der Waals surface area (Å²) < 4.78 is 16.1. The van der Waals surface area contributed by atoms with E-state index in [4.69, 9.17) is 9.47 Å². The van der Waals surface area contributed by atoms with Crippen molar-refractivity contribution in [2.45, 2.75) is 55.0 Å². The third kappa shape index (κ3) is 7.16. The average Bonchev–Trinajstić information content (AvgIpc) is 3.37. The summed E-state index contributed by atoms with van der Waals surface area (Å²) in [5.41, 5.74) is 2.66. The minimum absolute atomic E-state index is 0.184. The van der Waals surface area contributed by atoms with Crippen LogP contribution in [0.2, 0.25) is 0 Å². The van der Waals surface area contributed by atoms with Crippen molar-refractivity contribution in [1.29, 1.82) is 0 Å². The van der Waals surface area contributed by atoms with Gasteiger partial charge in [0.25, 0.3) is 0 Å². The number of rotatable bonds is 4. The van der Waals surface area contributed by atoms with Crippen molar-refractivity contribution in [3.05, 3.63) is 58.0 Å². The predicted molar refractivity (Wildman–Crippen MR) is 146 cm³/mol. The van der Waals surface area contributed by atoms with E-state index in [1.54, 1.807) is 12.7 Å². The lowest BCUT2D eigenvalue weighted by Gasteiger charge is -2.16. The second-order valence-corrected chi connectivity index (χ2v) is 12.1. The standard InChI is InChI=1S/2C13H15BrN2O2/c1-13(2,3)12(17)18-8-16-7-15-10-6-9(14)4-5-11(10)16;1-13(2,3)12(17)18-8-16-7-15-10-5-4-9(14)6-11(10)16/h2*4-7H,8H2,1-3H3. The Bertz CT molecular complexity index is 1380. The number of esters is 2. The van der Waals surface area contributed by atoms with Crippen molar-refractivity contribution in [1.82, 2.24) is 19.1 Å². The molecule has 0 saturated carbocycles. The fourth-order valence-electron chi connectivity index (χ4n) is 2.96. The van der Waals surface area contributed by atoms with E-state index in [1.807, 2.05) is 87.1 Å². The summed E-state index contributed by atoms with van der Waals surface area (Å²) in [5.74, 6) is -0.444. The Hall–Kier alpha value is -2.72. The normalized spacial score (nSPS) is 11.8. The number of nitrogens with zero attached hydrogens (tertiary/aromatic N) is 4. The number of aromatic nitrogens is 4. The molecule has 0 amide bonds. The van der Waals surface area contributed by atoms with Gasteiger partial charge >= 0.3 is 11.9 Å². The van der Waals surface area contributed by atoms with E-state index in [1.165, 1.54) is 0 Å². The van der Waals surface area contributed by atoms with E-state index in [0.29, 0.717) is 0 Å². The average molecular weight is 622 g/mol. The van der Waals surface area contributed by atoms with Crippen LogP contribution < -0.4 is 0 Å². The van der Waals surface area contributed by atoms with Gasteiger partial charge in [0.2, 0.25) is 0 Å². The van der Waals surface area contributed by atoms with Crippen LogP contribution in [-0.4, -0.2) is 31.0 Å². The first-order valence-electron chi connectivity index (χ1n) is 11.3. The number of imidazole rings is 2. The molecule has 2 aromatic carbocycles. The first-order valence-corrected chi connectivity index (χ1v) is 12.9. The van der Waals surface area contributed by atoms with Crippen LogP contribution in [0.3, 0.4) is 0 Å². The van der Waals surface area contributed by atoms with Crippen molar-refractivity contribution in [3.63, 3.8) is 0 Å². The number of ether oxygens (including phenoxy) is 2. The van der Waals surface area contributed by atoms with E-state index in [-0.39, 0.29) is 25.4 Å². The van der Waals surface area contributed by atoms with Crippen LogP contribution in [0.1, 0.15) is 41.5 Å². The van der Waals surface area contributed by atoms with Gasteiger partial charge in [-0.25, -0.2) is 9.97 Å². The maximum absolute atomic E-state index is 11.7. The molecule has 0 bridgehead atoms. The van der Waals surface area contributed by atoms with Gasteiger partial charge in [0.15, 0.2) is 13.5 Å². The summed E-state index contributed by atoms with van der Waals surface area (Å²) in [4.78, 5) is 31.9. The number of halogens is 2. The van der Waals surface area contributed by atoms with Gasteiger partial charge in [-0.2, -0.15) is 0 Å². The Kier molecular flexibility index (Phi) is 8.61. The Labute approximate surface area is 227 Å². The summed E-state index contributed by atoms with van der Waals surface area (Å²) in [6.45, 7) is 11.4. The Balaban J connectivity index is 0.000000201. The molecule has 0 saturated heterocycles. The summed E-state index contributed by atoms with van der Waals surface area (Å²) in [6.07, 6.45) is 3.35. The molecule has 0 spiro atoms. The second kappa shape index (κ2) is 11.1. The molecule has 4 aromatic rings. The maximum Gasteiger partial charge on any atom is 0.312 e. The molecule has 2 aromatic heterocycles. The monoisotopic (exact) mass is 620 g/mol. The predicted octanol–water partition coefficient (Wildman–Crippen LogP) is 6.69. The van der Waals surface area contributed by atoms with Crippen molar-refractivity contribution in [2.24, 2.45) is 10.8 Å². The molecule has 0 N–H and O–H groups in total. The quantitative estimate of drug-likeness (QED) is 0.236. The molecular weight excluding hydrogens is 592 g/mol. The van der Waals surface area contributed by atoms with Crippen LogP contribution >= 0.6 is 31.9 Å². The van der Waals surface area contributed by atoms with E-state index in [9.17, 15) is 9.59 Å². The second-order valence-electron chi connectivity index (χ2n) is 10.3. The molecule has 192 valence electrons. The molecule has 4 rings (SSSR count). The van der Waals surface area contributed by atoms with Gasteiger partial charge in [-0.05, 0) is 77.9 Å². The van der Waals surface area contributed by atoms with Gasteiger partial charge < -0.3 is 9.47 Å². The van der Waals surface area contributed by atoms with Crippen LogP contribution in [0.5, 0.6) is 0 Å². The molecule has 0 aliphatic rings. The molecule has 0 aliphatic heterocycles. The molecular formula is C26H30Br2N4O4. The van der Waals surface area contributed by atoms with Crippen molar-refractivity contribution < 1.29 is 19.1 Å². The number of fused-ring (bicyclic) bond motifs is 2. The Morgan fingerprint density at radius 1 is 0.722 bits per heavy atom. The van der Waals surface area contributed by atoms with Crippen molar-refractivity contribution >= 4 is 65.9 Å². The lowest BCUT2D eigenvalue weighted by atomic mass is 9.97. The molecule has 0 atom stereocenters. The zero-order valence-corrected chi connectivity index (χ0v) is 24.4. The number of carbonyl (C=O) groups is 2. The van der Waals surface area contributed by atoms with Gasteiger partial charge in [-0.15, -0.1) is 0 Å². The van der Waals surface area contributed by atoms with Gasteiger partial charge in [-0.1, -0.05) is 31.9 Å². The number of benzene rings is 2. The van der Waals surface area contributed by atoms with Gasteiger partial charge in [0.1, 0.15) is 0 Å². The highest BCUT2D eigenvalue weighted by atomic mass is 79.9. The van der Waals surface area contributed by atoms with Crippen molar-refractivity contribution in [3.8, 4) is 0 Å². The van der Waals surface area contributed by atoms with Gasteiger partial charge in [-0.3, -0.25) is 18.7 Å². The molecule has 0 unspecified atom stereocenters. The van der Waals surface area contributed by atoms with Crippen LogP contribution in [0.15, 0.2) is 58.0 Å². The summed E-state index contributed by atoms with van der Waals surface area (Å²) in [6, 6.07) is 11.6. The minimum atomic E-state index is -0.489. The zero-order chi connectivity index (χ0) is 26.7. The lowest BCUT2D eigenvalue weighted by molar-refractivity contribution is -0.157. The molecule has 2 heterocycles. The van der Waals surface area contributed by atoms with Crippen molar-refractivity contribution in [2.75, 3.05) is 0 Å². The summed E-state index contributed by atoms with van der Waals surface area (Å²) in [7, 11) is 0. The molecule has 36 heavy (non-hydrogen) atoms. The van der Waals surface area contributed by atoms with Crippen LogP contribution in [-0.2, 0) is 32.5 Å². The highest BCUT2D eigenvalue weighted by molar-refractivity contribution is 9.10. The topological polar surface area (TPSA) is 88.2 Å². The number of hydrogen-bond acceptors (Lipinski definition) is 6. The third-order valence-electron chi connectivity index (χ3n) is 5.06. The highest BCUT2D eigenvalue weighted by Crippen LogP contribution is 2.21. The lowest BCUT2D eigenvalue weighted by Crippen LogP contribution is -2.23. The fraction of sp³-hybridized carbons (Fsp3) is 0.385. The largest absolute Gasteiger partial charge is 0.443 e. The fourth-order valence-corrected chi connectivity index (χ4v) is 3.66. The molecule has 0 fully saturated rings. The van der Waals surface area contributed by atoms with E-state index in [2.05, 4.69) is 41.8 Å². The number of hydrogen-bond donors (Lipinski definition) is 0. The first-order chi connectivity index (χ1) is 16.8. The minimum Gasteiger partial charge on any atom is -0.443 e. The van der Waals surface area contributed by atoms with Crippen LogP contribution in [0.25, 0.3) is 22.1 Å². The summed E-state index contributed by atoms with van der Waals surface area (Å²) >= 11 is 6.81. The molecule has 0 aliphatic carbocycles. The maximum atomic E-state index is 11.7. The van der Waals surface area contributed by atoms with E-state index < -0.39 is 10.8 Å².